The van der Waals surface area contributed by atoms with Crippen LogP contribution in [0.3, 0.4) is 0 Å². The van der Waals surface area contributed by atoms with Crippen LogP contribution in [0.15, 0.2) is 30.3 Å². The van der Waals surface area contributed by atoms with Crippen LogP contribution in [0.2, 0.25) is 0 Å². The van der Waals surface area contributed by atoms with E-state index in [2.05, 4.69) is 10.6 Å². The molecule has 5 rings (SSSR count). The number of fused-ring (bicyclic) bond motifs is 1. The van der Waals surface area contributed by atoms with Gasteiger partial charge in [0.2, 0.25) is 5.91 Å². The molecule has 0 radical (unpaired) electrons. The van der Waals surface area contributed by atoms with Crippen LogP contribution in [-0.2, 0) is 27.2 Å². The van der Waals surface area contributed by atoms with E-state index in [0.29, 0.717) is 17.9 Å². The Morgan fingerprint density at radius 3 is 2.88 bits per heavy atom. The van der Waals surface area contributed by atoms with Crippen molar-refractivity contribution >= 4 is 29.1 Å². The number of hydrogen-bond acceptors (Lipinski definition) is 5. The van der Waals surface area contributed by atoms with Gasteiger partial charge in [-0.3, -0.25) is 14.4 Å². The second kappa shape index (κ2) is 7.94. The number of benzene rings is 2. The Hall–Kier alpha value is -3.39. The average molecular weight is 435 g/mol. The summed E-state index contributed by atoms with van der Waals surface area (Å²) in [5, 5.41) is 15.5. The molecule has 0 unspecified atom stereocenters. The lowest BCUT2D eigenvalue weighted by atomic mass is 9.96. The molecule has 0 aliphatic carbocycles. The van der Waals surface area contributed by atoms with Crippen molar-refractivity contribution in [1.82, 2.24) is 5.32 Å². The van der Waals surface area contributed by atoms with Gasteiger partial charge in [0, 0.05) is 25.2 Å². The number of carbonyl (C=O) groups excluding carboxylic acids is 3. The van der Waals surface area contributed by atoms with Gasteiger partial charge in [-0.15, -0.1) is 0 Å². The third-order valence-corrected chi connectivity index (χ3v) is 6.44. The van der Waals surface area contributed by atoms with E-state index in [-0.39, 0.29) is 18.4 Å². The second-order valence-electron chi connectivity index (χ2n) is 8.53. The lowest BCUT2D eigenvalue weighted by Gasteiger charge is -2.26. The van der Waals surface area contributed by atoms with Crippen molar-refractivity contribution in [2.24, 2.45) is 0 Å². The van der Waals surface area contributed by atoms with E-state index < -0.39 is 17.9 Å². The Balaban J connectivity index is 1.23. The van der Waals surface area contributed by atoms with Crippen molar-refractivity contribution in [2.75, 3.05) is 29.9 Å². The zero-order valence-electron chi connectivity index (χ0n) is 17.8. The van der Waals surface area contributed by atoms with E-state index in [1.54, 1.807) is 12.1 Å². The second-order valence-corrected chi connectivity index (χ2v) is 8.53. The first-order valence-corrected chi connectivity index (χ1v) is 10.9. The van der Waals surface area contributed by atoms with Gasteiger partial charge >= 0.3 is 11.8 Å². The molecule has 2 aromatic carbocycles. The predicted octanol–water partition coefficient (Wildman–Crippen LogP) is 1.81. The van der Waals surface area contributed by atoms with E-state index in [1.807, 2.05) is 30.0 Å². The molecule has 2 aromatic rings. The number of aliphatic hydroxyl groups excluding tert-OH is 1. The summed E-state index contributed by atoms with van der Waals surface area (Å²) in [6.45, 7) is 3.13. The van der Waals surface area contributed by atoms with Crippen LogP contribution >= 0.6 is 0 Å². The zero-order valence-corrected chi connectivity index (χ0v) is 17.8. The molecule has 2 atom stereocenters. The number of aliphatic hydroxyl groups is 1. The number of nitrogens with zero attached hydrogens (tertiary/aromatic N) is 1. The fraction of sp³-hybridized carbons (Fsp3) is 0.375. The summed E-state index contributed by atoms with van der Waals surface area (Å²) >= 11 is 0. The molecule has 3 N–H and O–H groups in total. The summed E-state index contributed by atoms with van der Waals surface area (Å²) in [6.07, 6.45) is 1.55. The highest BCUT2D eigenvalue weighted by molar-refractivity contribution is 6.39. The Morgan fingerprint density at radius 1 is 1.19 bits per heavy atom. The van der Waals surface area contributed by atoms with E-state index in [9.17, 15) is 19.5 Å². The molecule has 3 aliphatic rings. The van der Waals surface area contributed by atoms with Crippen LogP contribution in [0, 0.1) is 0 Å². The van der Waals surface area contributed by atoms with Crippen LogP contribution in [0.1, 0.15) is 47.6 Å². The molecule has 0 aromatic heterocycles. The quantitative estimate of drug-likeness (QED) is 0.635. The van der Waals surface area contributed by atoms with Crippen molar-refractivity contribution in [1.29, 1.82) is 0 Å². The molecule has 8 nitrogen and oxygen atoms in total. The van der Waals surface area contributed by atoms with Crippen molar-refractivity contribution in [3.63, 3.8) is 0 Å². The number of amides is 3. The Kier molecular flexibility index (Phi) is 5.09. The first-order chi connectivity index (χ1) is 15.4. The van der Waals surface area contributed by atoms with Crippen molar-refractivity contribution in [3.8, 4) is 5.75 Å². The molecule has 3 heterocycles. The first-order valence-electron chi connectivity index (χ1n) is 10.9. The Labute approximate surface area is 185 Å². The van der Waals surface area contributed by atoms with Gasteiger partial charge in [0.25, 0.3) is 0 Å². The highest BCUT2D eigenvalue weighted by atomic mass is 16.5. The fourth-order valence-electron chi connectivity index (χ4n) is 4.76. The highest BCUT2D eigenvalue weighted by Crippen LogP contribution is 2.44. The smallest absolute Gasteiger partial charge is 0.313 e. The maximum atomic E-state index is 12.5. The van der Waals surface area contributed by atoms with Gasteiger partial charge < -0.3 is 25.4 Å². The molecule has 3 amide bonds. The average Bonchev–Trinajstić information content (AvgIpc) is 3.36. The number of nitrogens with one attached hydrogen (secondary N) is 2. The molecule has 0 saturated heterocycles. The Morgan fingerprint density at radius 2 is 2.03 bits per heavy atom. The SMILES string of the molecule is C[C@@H]1C(=O)N2CCCc3cc(NC(=O)C(=O)NC[C@H](O)c4ccc5c(c4)CCO5)cc1c32. The van der Waals surface area contributed by atoms with Gasteiger partial charge in [0.05, 0.1) is 24.3 Å². The number of anilines is 2. The number of ether oxygens (including phenoxy) is 1. The Bertz CT molecular complexity index is 1130. The predicted molar refractivity (Wildman–Crippen MR) is 118 cm³/mol. The van der Waals surface area contributed by atoms with Gasteiger partial charge in [0.1, 0.15) is 5.75 Å². The normalized spacial score (nSPS) is 19.1. The van der Waals surface area contributed by atoms with Crippen LogP contribution < -0.4 is 20.3 Å². The highest BCUT2D eigenvalue weighted by Gasteiger charge is 2.38. The summed E-state index contributed by atoms with van der Waals surface area (Å²) in [7, 11) is 0. The largest absolute Gasteiger partial charge is 0.493 e. The molecule has 166 valence electrons. The van der Waals surface area contributed by atoms with Crippen LogP contribution in [0.4, 0.5) is 11.4 Å². The van der Waals surface area contributed by atoms with E-state index in [0.717, 1.165) is 53.9 Å². The molecule has 0 bridgehead atoms. The molecule has 0 fully saturated rings. The zero-order chi connectivity index (χ0) is 22.4. The van der Waals surface area contributed by atoms with Crippen molar-refractivity contribution < 1.29 is 24.2 Å². The van der Waals surface area contributed by atoms with Crippen LogP contribution in [0.5, 0.6) is 5.75 Å². The summed E-state index contributed by atoms with van der Waals surface area (Å²) < 4.78 is 5.46. The minimum atomic E-state index is -0.931. The molecular weight excluding hydrogens is 410 g/mol. The summed E-state index contributed by atoms with van der Waals surface area (Å²) in [6, 6.07) is 9.04. The fourth-order valence-corrected chi connectivity index (χ4v) is 4.76. The van der Waals surface area contributed by atoms with E-state index in [4.69, 9.17) is 4.74 Å². The first kappa shape index (κ1) is 20.5. The van der Waals surface area contributed by atoms with Gasteiger partial charge in [-0.05, 0) is 66.3 Å². The number of carbonyl (C=O) groups is 3. The number of aryl methyl sites for hydroxylation is 1. The molecule has 0 saturated carbocycles. The lowest BCUT2D eigenvalue weighted by Crippen LogP contribution is -2.37. The van der Waals surface area contributed by atoms with Crippen LogP contribution in [-0.4, -0.2) is 42.5 Å². The maximum Gasteiger partial charge on any atom is 0.313 e. The van der Waals surface area contributed by atoms with Crippen molar-refractivity contribution in [2.45, 2.75) is 38.2 Å². The third-order valence-electron chi connectivity index (χ3n) is 6.44. The lowest BCUT2D eigenvalue weighted by molar-refractivity contribution is -0.136. The molecular formula is C24H25N3O5. The molecule has 32 heavy (non-hydrogen) atoms. The van der Waals surface area contributed by atoms with Gasteiger partial charge in [0.15, 0.2) is 0 Å². The number of hydrogen-bond donors (Lipinski definition) is 3. The standard InChI is InChI=1S/C24H25N3O5/c1-13-18-11-17(10-16-3-2-7-27(21(16)18)24(13)31)26-23(30)22(29)25-12-19(28)14-4-5-20-15(9-14)6-8-32-20/h4-5,9-11,13,19,28H,2-3,6-8,12H2,1H3,(H,25,29)(H,26,30)/t13-,19-/m0/s1. The molecule has 8 heteroatoms. The van der Waals surface area contributed by atoms with E-state index >= 15 is 0 Å². The molecule has 0 spiro atoms. The maximum absolute atomic E-state index is 12.5. The van der Waals surface area contributed by atoms with Gasteiger partial charge in [-0.2, -0.15) is 0 Å². The van der Waals surface area contributed by atoms with Crippen molar-refractivity contribution in [3.05, 3.63) is 52.6 Å². The number of rotatable bonds is 4. The minimum Gasteiger partial charge on any atom is -0.493 e. The van der Waals surface area contributed by atoms with Crippen LogP contribution in [0.25, 0.3) is 0 Å². The van der Waals surface area contributed by atoms with Gasteiger partial charge in [-0.1, -0.05) is 6.07 Å². The minimum absolute atomic E-state index is 0.0780. The third kappa shape index (κ3) is 3.50. The van der Waals surface area contributed by atoms with E-state index in [1.165, 1.54) is 0 Å². The summed E-state index contributed by atoms with van der Waals surface area (Å²) in [4.78, 5) is 39.1. The summed E-state index contributed by atoms with van der Waals surface area (Å²) in [5.74, 6) is -1.00. The monoisotopic (exact) mass is 435 g/mol. The van der Waals surface area contributed by atoms with Gasteiger partial charge in [-0.25, -0.2) is 0 Å². The topological polar surface area (TPSA) is 108 Å². The molecule has 3 aliphatic heterocycles. The summed E-state index contributed by atoms with van der Waals surface area (Å²) in [5.41, 5.74) is 5.05.